The van der Waals surface area contributed by atoms with Gasteiger partial charge in [-0.25, -0.2) is 0 Å². The maximum absolute atomic E-state index is 13.6. The van der Waals surface area contributed by atoms with Crippen LogP contribution in [0.1, 0.15) is 11.1 Å². The summed E-state index contributed by atoms with van der Waals surface area (Å²) in [6.45, 7) is -1.07. The highest BCUT2D eigenvalue weighted by Crippen LogP contribution is 2.34. The van der Waals surface area contributed by atoms with Crippen LogP contribution >= 0.6 is 0 Å². The molecule has 3 rings (SSSR count). The Morgan fingerprint density at radius 2 is 1.28 bits per heavy atom. The van der Waals surface area contributed by atoms with Gasteiger partial charge in [0.25, 0.3) is 11.8 Å². The van der Waals surface area contributed by atoms with Crippen LogP contribution in [0.25, 0.3) is 0 Å². The van der Waals surface area contributed by atoms with Gasteiger partial charge in [0.15, 0.2) is 13.2 Å². The molecule has 0 aliphatic heterocycles. The number of nitriles is 2. The summed E-state index contributed by atoms with van der Waals surface area (Å²) in [4.78, 5) is 24.7. The number of rotatable bonds is 11. The molecule has 2 amide bonds. The lowest BCUT2D eigenvalue weighted by Crippen LogP contribution is -2.34. The molecule has 39 heavy (non-hydrogen) atoms. The van der Waals surface area contributed by atoms with E-state index in [9.17, 15) is 27.2 Å². The normalized spacial score (nSPS) is 10.6. The van der Waals surface area contributed by atoms with Crippen LogP contribution in [0.5, 0.6) is 17.2 Å². The highest BCUT2D eigenvalue weighted by molar-refractivity contribution is 5.96. The van der Waals surface area contributed by atoms with E-state index in [4.69, 9.17) is 20.0 Å². The Morgan fingerprint density at radius 1 is 0.795 bits per heavy atom. The van der Waals surface area contributed by atoms with Crippen molar-refractivity contribution >= 4 is 23.2 Å². The monoisotopic (exact) mass is 542 g/mol. The zero-order chi connectivity index (χ0) is 28.4. The van der Waals surface area contributed by atoms with Crippen LogP contribution in [0.15, 0.2) is 66.7 Å². The molecule has 0 fully saturated rings. The number of amides is 2. The molecule has 0 saturated heterocycles. The molecule has 0 aliphatic rings. The van der Waals surface area contributed by atoms with Crippen molar-refractivity contribution in [3.8, 4) is 29.4 Å². The van der Waals surface area contributed by atoms with Crippen molar-refractivity contribution in [2.75, 3.05) is 23.8 Å². The summed E-state index contributed by atoms with van der Waals surface area (Å²) in [5, 5.41) is 22.3. The maximum Gasteiger partial charge on any atom is 0.461 e. The molecule has 9 nitrogen and oxygen atoms in total. The highest BCUT2D eigenvalue weighted by Gasteiger charge is 2.44. The van der Waals surface area contributed by atoms with Gasteiger partial charge in [-0.2, -0.15) is 28.1 Å². The van der Waals surface area contributed by atoms with E-state index >= 15 is 0 Å². The highest BCUT2D eigenvalue weighted by atomic mass is 19.3. The van der Waals surface area contributed by atoms with Crippen molar-refractivity contribution in [1.29, 1.82) is 10.5 Å². The van der Waals surface area contributed by atoms with Crippen molar-refractivity contribution < 1.29 is 41.4 Å². The lowest BCUT2D eigenvalue weighted by atomic mass is 10.2. The summed E-state index contributed by atoms with van der Waals surface area (Å²) in [5.41, 5.74) is 0.298. The fourth-order valence-electron chi connectivity index (χ4n) is 2.92. The lowest BCUT2D eigenvalue weighted by molar-refractivity contribution is -0.252. The quantitative estimate of drug-likeness (QED) is 0.336. The molecule has 0 saturated carbocycles. The van der Waals surface area contributed by atoms with E-state index in [0.29, 0.717) is 16.9 Å². The number of hydrogen-bond acceptors (Lipinski definition) is 7. The third-order valence-electron chi connectivity index (χ3n) is 4.74. The van der Waals surface area contributed by atoms with Crippen molar-refractivity contribution in [3.63, 3.8) is 0 Å². The Kier molecular flexibility index (Phi) is 9.27. The SMILES string of the molecule is N#Cc1ccc(OCC(=O)Nc2ccc(OC(F)(F)C(F)F)c(NC(=O)COc3ccc(C#N)cc3)c2)cc1. The standard InChI is InChI=1S/C26H18F4N4O5/c27-25(28)26(29,30)39-22-10-5-18(33-23(35)14-37-19-6-1-16(12-31)2-7-19)11-21(22)34-24(36)15-38-20-8-3-17(13-32)4-9-20/h1-11,25H,14-15H2,(H,33,35)(H,34,36). The minimum atomic E-state index is -4.86. The van der Waals surface area contributed by atoms with E-state index in [0.717, 1.165) is 18.2 Å². The number of nitrogens with one attached hydrogen (secondary N) is 2. The summed E-state index contributed by atoms with van der Waals surface area (Å²) in [5.74, 6) is -1.80. The first kappa shape index (κ1) is 28.3. The molecule has 3 aromatic carbocycles. The average molecular weight is 542 g/mol. The van der Waals surface area contributed by atoms with E-state index in [-0.39, 0.29) is 11.4 Å². The van der Waals surface area contributed by atoms with E-state index in [1.54, 1.807) is 0 Å². The van der Waals surface area contributed by atoms with Crippen LogP contribution in [0.3, 0.4) is 0 Å². The number of benzene rings is 3. The smallest absolute Gasteiger partial charge is 0.461 e. The second kappa shape index (κ2) is 12.8. The molecule has 0 aliphatic carbocycles. The second-order valence-corrected chi connectivity index (χ2v) is 7.62. The van der Waals surface area contributed by atoms with Gasteiger partial charge in [0.2, 0.25) is 0 Å². The van der Waals surface area contributed by atoms with Crippen LogP contribution in [-0.4, -0.2) is 37.6 Å². The minimum absolute atomic E-state index is 0.000507. The third kappa shape index (κ3) is 8.36. The van der Waals surface area contributed by atoms with E-state index in [1.165, 1.54) is 48.5 Å². The minimum Gasteiger partial charge on any atom is -0.484 e. The summed E-state index contributed by atoms with van der Waals surface area (Å²) in [6, 6.07) is 18.5. The zero-order valence-electron chi connectivity index (χ0n) is 19.8. The largest absolute Gasteiger partial charge is 0.484 e. The zero-order valence-corrected chi connectivity index (χ0v) is 19.8. The van der Waals surface area contributed by atoms with Gasteiger partial charge in [0.1, 0.15) is 17.2 Å². The number of carbonyl (C=O) groups excluding carboxylic acids is 2. The van der Waals surface area contributed by atoms with Crippen molar-refractivity contribution in [3.05, 3.63) is 77.9 Å². The van der Waals surface area contributed by atoms with Crippen LogP contribution in [-0.2, 0) is 9.59 Å². The molecular weight excluding hydrogens is 524 g/mol. The van der Waals surface area contributed by atoms with E-state index < -0.39 is 49.0 Å². The summed E-state index contributed by atoms with van der Waals surface area (Å²) in [7, 11) is 0. The first-order valence-electron chi connectivity index (χ1n) is 10.9. The molecule has 0 unspecified atom stereocenters. The summed E-state index contributed by atoms with van der Waals surface area (Å²) >= 11 is 0. The Hall–Kier alpha value is -5.30. The Balaban J connectivity index is 1.69. The Labute approximate surface area is 219 Å². The van der Waals surface area contributed by atoms with Crippen molar-refractivity contribution in [1.82, 2.24) is 0 Å². The molecule has 0 bridgehead atoms. The first-order chi connectivity index (χ1) is 18.6. The molecule has 0 atom stereocenters. The number of anilines is 2. The Morgan fingerprint density at radius 3 is 1.74 bits per heavy atom. The molecule has 13 heteroatoms. The molecule has 2 N–H and O–H groups in total. The molecule has 0 spiro atoms. The maximum atomic E-state index is 13.6. The van der Waals surface area contributed by atoms with Crippen LogP contribution in [0, 0.1) is 22.7 Å². The predicted octanol–water partition coefficient (Wildman–Crippen LogP) is 4.70. The summed E-state index contributed by atoms with van der Waals surface area (Å²) in [6.07, 6.45) is -9.02. The van der Waals surface area contributed by atoms with E-state index in [1.807, 2.05) is 12.1 Å². The van der Waals surface area contributed by atoms with Gasteiger partial charge in [-0.3, -0.25) is 9.59 Å². The number of nitrogens with zero attached hydrogens (tertiary/aromatic N) is 2. The van der Waals surface area contributed by atoms with Gasteiger partial charge in [-0.05, 0) is 66.7 Å². The fraction of sp³-hybridized carbons (Fsp3) is 0.154. The van der Waals surface area contributed by atoms with Crippen LogP contribution in [0.4, 0.5) is 28.9 Å². The number of halogens is 4. The molecule has 0 heterocycles. The van der Waals surface area contributed by atoms with Crippen molar-refractivity contribution in [2.24, 2.45) is 0 Å². The van der Waals surface area contributed by atoms with Gasteiger partial charge in [-0.1, -0.05) is 0 Å². The predicted molar refractivity (Wildman–Crippen MR) is 129 cm³/mol. The fourth-order valence-corrected chi connectivity index (χ4v) is 2.92. The van der Waals surface area contributed by atoms with Gasteiger partial charge in [0, 0.05) is 5.69 Å². The molecular formula is C26H18F4N4O5. The van der Waals surface area contributed by atoms with Gasteiger partial charge >= 0.3 is 12.5 Å². The van der Waals surface area contributed by atoms with Gasteiger partial charge in [0.05, 0.1) is 29.0 Å². The third-order valence-corrected chi connectivity index (χ3v) is 4.74. The first-order valence-corrected chi connectivity index (χ1v) is 10.9. The Bertz CT molecular complexity index is 1400. The lowest BCUT2D eigenvalue weighted by Gasteiger charge is -2.20. The van der Waals surface area contributed by atoms with E-state index in [2.05, 4.69) is 15.4 Å². The van der Waals surface area contributed by atoms with Crippen LogP contribution < -0.4 is 24.8 Å². The molecule has 200 valence electrons. The van der Waals surface area contributed by atoms with Gasteiger partial charge in [-0.15, -0.1) is 0 Å². The van der Waals surface area contributed by atoms with Gasteiger partial charge < -0.3 is 24.8 Å². The molecule has 3 aromatic rings. The van der Waals surface area contributed by atoms with Crippen molar-refractivity contribution in [2.45, 2.75) is 12.5 Å². The molecule has 0 aromatic heterocycles. The number of ether oxygens (including phenoxy) is 3. The molecule has 0 radical (unpaired) electrons. The average Bonchev–Trinajstić information content (AvgIpc) is 2.92. The second-order valence-electron chi connectivity index (χ2n) is 7.62. The number of alkyl halides is 4. The number of carbonyl (C=O) groups is 2. The number of hydrogen-bond donors (Lipinski definition) is 2. The summed E-state index contributed by atoms with van der Waals surface area (Å²) < 4.78 is 67.2. The van der Waals surface area contributed by atoms with Crippen LogP contribution in [0.2, 0.25) is 0 Å². The topological polar surface area (TPSA) is 133 Å².